The Balaban J connectivity index is 1.95. The van der Waals surface area contributed by atoms with Gasteiger partial charge in [0, 0.05) is 13.1 Å². The summed E-state index contributed by atoms with van der Waals surface area (Å²) in [5.74, 6) is -0.639. The second kappa shape index (κ2) is 6.78. The highest BCUT2D eigenvalue weighted by atomic mass is 16.2. The fraction of sp³-hybridized carbons (Fsp3) is 0.350. The van der Waals surface area contributed by atoms with Crippen molar-refractivity contribution >= 4 is 28.6 Å². The Bertz CT molecular complexity index is 870. The number of likely N-dealkylation sites (N-methyl/N-ethyl adjacent to an activating group) is 1. The van der Waals surface area contributed by atoms with Crippen LogP contribution in [0.1, 0.15) is 26.3 Å². The average Bonchev–Trinajstić information content (AvgIpc) is 2.86. The van der Waals surface area contributed by atoms with Crippen LogP contribution in [0.25, 0.3) is 10.8 Å². The van der Waals surface area contributed by atoms with Crippen LogP contribution in [-0.4, -0.2) is 47.3 Å². The van der Waals surface area contributed by atoms with Crippen LogP contribution in [-0.2, 0) is 15.1 Å². The first-order valence-electron chi connectivity index (χ1n) is 8.82. The second-order valence-corrected chi connectivity index (χ2v) is 6.54. The molecule has 0 saturated carbocycles. The molecule has 0 aliphatic carbocycles. The summed E-state index contributed by atoms with van der Waals surface area (Å²) in [4.78, 5) is 40.5. The minimum atomic E-state index is -1.19. The molecule has 2 aromatic carbocycles. The van der Waals surface area contributed by atoms with Crippen molar-refractivity contribution in [2.75, 3.05) is 19.6 Å². The van der Waals surface area contributed by atoms with Crippen LogP contribution in [0, 0.1) is 0 Å². The molecule has 6 nitrogen and oxygen atoms in total. The zero-order valence-electron chi connectivity index (χ0n) is 15.3. The maximum atomic E-state index is 13.1. The standard InChI is InChI=1S/C20H23N3O3/c1-4-22(5-2)17(24)13-23-18(25)20(3,21-19(23)26)16-12-8-10-14-9-6-7-11-15(14)16/h6-12H,4-5,13H2,1-3H3,(H,21,26). The highest BCUT2D eigenvalue weighted by molar-refractivity contribution is 6.10. The Morgan fingerprint density at radius 1 is 1.08 bits per heavy atom. The first-order valence-corrected chi connectivity index (χ1v) is 8.82. The van der Waals surface area contributed by atoms with Gasteiger partial charge in [0.05, 0.1) is 0 Å². The van der Waals surface area contributed by atoms with Crippen LogP contribution in [0.4, 0.5) is 4.79 Å². The SMILES string of the molecule is CCN(CC)C(=O)CN1C(=O)NC(C)(c2cccc3ccccc23)C1=O. The molecule has 26 heavy (non-hydrogen) atoms. The molecule has 1 atom stereocenters. The Morgan fingerprint density at radius 3 is 2.42 bits per heavy atom. The molecule has 0 radical (unpaired) electrons. The average molecular weight is 353 g/mol. The number of urea groups is 1. The molecule has 2 aromatic rings. The lowest BCUT2D eigenvalue weighted by Gasteiger charge is -2.25. The minimum absolute atomic E-state index is 0.235. The molecule has 1 N–H and O–H groups in total. The van der Waals surface area contributed by atoms with Gasteiger partial charge in [-0.05, 0) is 37.1 Å². The summed E-state index contributed by atoms with van der Waals surface area (Å²) >= 11 is 0. The minimum Gasteiger partial charge on any atom is -0.342 e. The van der Waals surface area contributed by atoms with E-state index >= 15 is 0 Å². The number of hydrogen-bond donors (Lipinski definition) is 1. The van der Waals surface area contributed by atoms with Gasteiger partial charge in [0.15, 0.2) is 0 Å². The highest BCUT2D eigenvalue weighted by Gasteiger charge is 2.50. The Morgan fingerprint density at radius 2 is 1.73 bits per heavy atom. The van der Waals surface area contributed by atoms with E-state index < -0.39 is 17.5 Å². The van der Waals surface area contributed by atoms with Crippen molar-refractivity contribution in [3.05, 3.63) is 48.0 Å². The lowest BCUT2D eigenvalue weighted by atomic mass is 9.88. The predicted molar refractivity (Wildman–Crippen MR) is 99.5 cm³/mol. The molecule has 1 aliphatic rings. The first kappa shape index (κ1) is 17.9. The van der Waals surface area contributed by atoms with Crippen molar-refractivity contribution in [1.29, 1.82) is 0 Å². The van der Waals surface area contributed by atoms with Crippen molar-refractivity contribution < 1.29 is 14.4 Å². The number of amides is 4. The van der Waals surface area contributed by atoms with Crippen molar-refractivity contribution in [1.82, 2.24) is 15.1 Å². The normalized spacial score (nSPS) is 19.7. The van der Waals surface area contributed by atoms with E-state index in [-0.39, 0.29) is 12.5 Å². The maximum Gasteiger partial charge on any atom is 0.325 e. The van der Waals surface area contributed by atoms with Crippen LogP contribution in [0.2, 0.25) is 0 Å². The third-order valence-corrected chi connectivity index (χ3v) is 5.01. The molecule has 136 valence electrons. The van der Waals surface area contributed by atoms with Crippen LogP contribution < -0.4 is 5.32 Å². The number of nitrogens with one attached hydrogen (secondary N) is 1. The summed E-state index contributed by atoms with van der Waals surface area (Å²) in [5.41, 5.74) is -0.465. The third kappa shape index (κ3) is 2.81. The maximum absolute atomic E-state index is 13.1. The monoisotopic (exact) mass is 353 g/mol. The lowest BCUT2D eigenvalue weighted by molar-refractivity contribution is -0.138. The number of carbonyl (C=O) groups excluding carboxylic acids is 3. The second-order valence-electron chi connectivity index (χ2n) is 6.54. The van der Waals surface area contributed by atoms with Crippen molar-refractivity contribution in [2.24, 2.45) is 0 Å². The number of carbonyl (C=O) groups is 3. The zero-order chi connectivity index (χ0) is 18.9. The number of hydrogen-bond acceptors (Lipinski definition) is 3. The van der Waals surface area contributed by atoms with Gasteiger partial charge in [-0.15, -0.1) is 0 Å². The third-order valence-electron chi connectivity index (χ3n) is 5.01. The summed E-state index contributed by atoms with van der Waals surface area (Å²) in [7, 11) is 0. The number of nitrogens with zero attached hydrogens (tertiary/aromatic N) is 2. The summed E-state index contributed by atoms with van der Waals surface area (Å²) in [5, 5.41) is 4.68. The first-order chi connectivity index (χ1) is 12.4. The molecule has 1 saturated heterocycles. The largest absolute Gasteiger partial charge is 0.342 e. The Hall–Kier alpha value is -2.89. The van der Waals surface area contributed by atoms with Gasteiger partial charge in [0.2, 0.25) is 5.91 Å². The molecule has 1 heterocycles. The molecule has 1 aliphatic heterocycles. The molecule has 1 fully saturated rings. The van der Waals surface area contributed by atoms with Crippen LogP contribution in [0.3, 0.4) is 0 Å². The van der Waals surface area contributed by atoms with Crippen LogP contribution in [0.15, 0.2) is 42.5 Å². The predicted octanol–water partition coefficient (Wildman–Crippen LogP) is 2.48. The molecule has 0 bridgehead atoms. The summed E-state index contributed by atoms with van der Waals surface area (Å²) in [6, 6.07) is 12.9. The molecule has 4 amide bonds. The molecule has 1 unspecified atom stereocenters. The van der Waals surface area contributed by atoms with Gasteiger partial charge in [-0.3, -0.25) is 14.5 Å². The Kier molecular flexibility index (Phi) is 4.68. The summed E-state index contributed by atoms with van der Waals surface area (Å²) in [6.45, 7) is 6.27. The smallest absolute Gasteiger partial charge is 0.325 e. The fourth-order valence-corrected chi connectivity index (χ4v) is 3.50. The molecule has 0 spiro atoms. The van der Waals surface area contributed by atoms with E-state index in [1.165, 1.54) is 0 Å². The van der Waals surface area contributed by atoms with Gasteiger partial charge >= 0.3 is 6.03 Å². The van der Waals surface area contributed by atoms with Gasteiger partial charge in [0.25, 0.3) is 5.91 Å². The topological polar surface area (TPSA) is 69.7 Å². The summed E-state index contributed by atoms with van der Waals surface area (Å²) in [6.07, 6.45) is 0. The Labute approximate surface area is 152 Å². The van der Waals surface area contributed by atoms with Gasteiger partial charge < -0.3 is 10.2 Å². The molecular weight excluding hydrogens is 330 g/mol. The van der Waals surface area contributed by atoms with Crippen molar-refractivity contribution in [3.63, 3.8) is 0 Å². The van der Waals surface area contributed by atoms with E-state index in [2.05, 4.69) is 5.32 Å². The molecular formula is C20H23N3O3. The van der Waals surface area contributed by atoms with E-state index in [0.29, 0.717) is 13.1 Å². The summed E-state index contributed by atoms with van der Waals surface area (Å²) < 4.78 is 0. The lowest BCUT2D eigenvalue weighted by Crippen LogP contribution is -2.44. The van der Waals surface area contributed by atoms with Gasteiger partial charge in [0.1, 0.15) is 12.1 Å². The number of fused-ring (bicyclic) bond motifs is 1. The van der Waals surface area contributed by atoms with Gasteiger partial charge in [-0.2, -0.15) is 0 Å². The zero-order valence-corrected chi connectivity index (χ0v) is 15.3. The highest BCUT2D eigenvalue weighted by Crippen LogP contribution is 2.33. The van der Waals surface area contributed by atoms with Crippen LogP contribution >= 0.6 is 0 Å². The number of rotatable bonds is 5. The number of imide groups is 1. The van der Waals surface area contributed by atoms with E-state index in [1.807, 2.05) is 56.3 Å². The quantitative estimate of drug-likeness (QED) is 0.840. The van der Waals surface area contributed by atoms with Gasteiger partial charge in [-0.25, -0.2) is 4.79 Å². The number of benzene rings is 2. The van der Waals surface area contributed by atoms with E-state index in [4.69, 9.17) is 0 Å². The van der Waals surface area contributed by atoms with Crippen molar-refractivity contribution in [2.45, 2.75) is 26.3 Å². The molecule has 3 rings (SSSR count). The van der Waals surface area contributed by atoms with Crippen molar-refractivity contribution in [3.8, 4) is 0 Å². The molecule has 6 heteroatoms. The van der Waals surface area contributed by atoms with Crippen LogP contribution in [0.5, 0.6) is 0 Å². The molecule has 0 aromatic heterocycles. The van der Waals surface area contributed by atoms with E-state index in [0.717, 1.165) is 21.2 Å². The van der Waals surface area contributed by atoms with E-state index in [9.17, 15) is 14.4 Å². The fourth-order valence-electron chi connectivity index (χ4n) is 3.50. The van der Waals surface area contributed by atoms with Gasteiger partial charge in [-0.1, -0.05) is 42.5 Å². The van der Waals surface area contributed by atoms with E-state index in [1.54, 1.807) is 11.8 Å².